The fourth-order valence-corrected chi connectivity index (χ4v) is 4.30. The van der Waals surface area contributed by atoms with Crippen LogP contribution in [0.15, 0.2) is 16.7 Å². The van der Waals surface area contributed by atoms with Crippen molar-refractivity contribution in [2.45, 2.75) is 51.0 Å². The van der Waals surface area contributed by atoms with Crippen LogP contribution in [-0.2, 0) is 21.6 Å². The number of ether oxygens (including phenoxy) is 2. The molecule has 2 fully saturated rings. The van der Waals surface area contributed by atoms with Crippen LogP contribution in [0.2, 0.25) is 0 Å². The minimum absolute atomic E-state index is 0.151. The molecule has 1 aliphatic heterocycles. The van der Waals surface area contributed by atoms with Crippen molar-refractivity contribution >= 4 is 11.3 Å². The van der Waals surface area contributed by atoms with Gasteiger partial charge in [-0.1, -0.05) is 18.0 Å². The maximum atomic E-state index is 5.56. The van der Waals surface area contributed by atoms with Gasteiger partial charge in [-0.15, -0.1) is 11.3 Å². The maximum absolute atomic E-state index is 5.56. The molecule has 0 amide bonds. The molecule has 124 valence electrons. The molecule has 2 aliphatic rings. The van der Waals surface area contributed by atoms with E-state index in [1.54, 1.807) is 11.3 Å². The Bertz CT molecular complexity index is 657. The van der Waals surface area contributed by atoms with Crippen molar-refractivity contribution in [2.24, 2.45) is 0 Å². The summed E-state index contributed by atoms with van der Waals surface area (Å²) in [5, 5.41) is 7.85. The minimum Gasteiger partial charge on any atom is -0.345 e. The molecule has 1 saturated heterocycles. The Kier molecular flexibility index (Phi) is 4.19. The summed E-state index contributed by atoms with van der Waals surface area (Å²) in [6.45, 7) is 3.99. The van der Waals surface area contributed by atoms with Crippen LogP contribution in [0.25, 0.3) is 0 Å². The normalized spacial score (nSPS) is 21.3. The molecule has 0 radical (unpaired) electrons. The van der Waals surface area contributed by atoms with E-state index in [1.165, 1.54) is 17.7 Å². The molecule has 4 rings (SSSR count). The largest absolute Gasteiger partial charge is 0.345 e. The molecule has 2 aromatic heterocycles. The molecule has 0 bridgehead atoms. The van der Waals surface area contributed by atoms with E-state index in [9.17, 15) is 0 Å². The van der Waals surface area contributed by atoms with Crippen molar-refractivity contribution in [3.05, 3.63) is 33.6 Å². The third kappa shape index (κ3) is 3.06. The first-order valence-corrected chi connectivity index (χ1v) is 8.94. The van der Waals surface area contributed by atoms with Gasteiger partial charge in [0, 0.05) is 18.3 Å². The van der Waals surface area contributed by atoms with Gasteiger partial charge >= 0.3 is 0 Å². The summed E-state index contributed by atoms with van der Waals surface area (Å²) >= 11 is 1.74. The number of thiophene rings is 1. The van der Waals surface area contributed by atoms with Gasteiger partial charge in [-0.2, -0.15) is 4.98 Å². The van der Waals surface area contributed by atoms with Crippen LogP contribution in [0.3, 0.4) is 0 Å². The molecule has 2 aromatic rings. The van der Waals surface area contributed by atoms with Crippen molar-refractivity contribution < 1.29 is 14.0 Å². The molecule has 3 heterocycles. The summed E-state index contributed by atoms with van der Waals surface area (Å²) in [7, 11) is 0. The molecular formula is C16H21N3O3S. The average molecular weight is 335 g/mol. The second kappa shape index (κ2) is 6.32. The van der Waals surface area contributed by atoms with Crippen LogP contribution in [0.1, 0.15) is 53.4 Å². The number of rotatable bonds is 5. The molecule has 0 atom stereocenters. The van der Waals surface area contributed by atoms with Gasteiger partial charge in [0.15, 0.2) is 12.1 Å². The Balaban J connectivity index is 1.46. The highest BCUT2D eigenvalue weighted by Gasteiger charge is 2.39. The summed E-state index contributed by atoms with van der Waals surface area (Å²) in [6, 6.07) is 4.24. The van der Waals surface area contributed by atoms with Crippen molar-refractivity contribution in [1.82, 2.24) is 15.5 Å². The molecule has 0 unspecified atom stereocenters. The first-order valence-electron chi connectivity index (χ1n) is 8.13. The van der Waals surface area contributed by atoms with Crippen LogP contribution in [0, 0.1) is 6.92 Å². The van der Waals surface area contributed by atoms with Gasteiger partial charge in [0.05, 0.1) is 23.6 Å². The number of hydrogen-bond donors (Lipinski definition) is 1. The summed E-state index contributed by atoms with van der Waals surface area (Å²) in [5.74, 6) is 1.42. The summed E-state index contributed by atoms with van der Waals surface area (Å²) in [5.41, 5.74) is -0.151. The molecular weight excluding hydrogens is 314 g/mol. The Labute approximate surface area is 139 Å². The Morgan fingerprint density at radius 3 is 2.74 bits per heavy atom. The molecule has 23 heavy (non-hydrogen) atoms. The lowest BCUT2D eigenvalue weighted by Gasteiger charge is -2.26. The second-order valence-electron chi connectivity index (χ2n) is 6.16. The van der Waals surface area contributed by atoms with Gasteiger partial charge in [-0.3, -0.25) is 5.32 Å². The van der Waals surface area contributed by atoms with E-state index in [1.807, 2.05) is 6.92 Å². The van der Waals surface area contributed by atoms with Gasteiger partial charge in [0.1, 0.15) is 0 Å². The van der Waals surface area contributed by atoms with E-state index < -0.39 is 0 Å². The van der Waals surface area contributed by atoms with Gasteiger partial charge in [-0.25, -0.2) is 0 Å². The topological polar surface area (TPSA) is 69.4 Å². The lowest BCUT2D eigenvalue weighted by Crippen LogP contribution is -2.40. The number of hydrogen-bond acceptors (Lipinski definition) is 7. The molecule has 0 spiro atoms. The van der Waals surface area contributed by atoms with Crippen molar-refractivity contribution in [3.8, 4) is 0 Å². The summed E-state index contributed by atoms with van der Waals surface area (Å²) in [4.78, 5) is 6.87. The van der Waals surface area contributed by atoms with Crippen LogP contribution >= 0.6 is 11.3 Å². The maximum Gasteiger partial charge on any atom is 0.223 e. The van der Waals surface area contributed by atoms with Crippen LogP contribution in [0.4, 0.5) is 0 Å². The SMILES string of the molecule is Cc1nc(C2(NCc3ccc(C4OCCO4)s3)CCCC2)no1. The van der Waals surface area contributed by atoms with Crippen molar-refractivity contribution in [1.29, 1.82) is 0 Å². The predicted molar refractivity (Wildman–Crippen MR) is 85.0 cm³/mol. The van der Waals surface area contributed by atoms with Crippen molar-refractivity contribution in [2.75, 3.05) is 13.2 Å². The van der Waals surface area contributed by atoms with E-state index >= 15 is 0 Å². The molecule has 6 nitrogen and oxygen atoms in total. The monoisotopic (exact) mass is 335 g/mol. The smallest absolute Gasteiger partial charge is 0.223 e. The second-order valence-corrected chi connectivity index (χ2v) is 7.36. The molecule has 7 heteroatoms. The van der Waals surface area contributed by atoms with Gasteiger partial charge in [-0.05, 0) is 25.0 Å². The summed E-state index contributed by atoms with van der Waals surface area (Å²) in [6.07, 6.45) is 4.31. The first-order chi connectivity index (χ1) is 11.3. The highest BCUT2D eigenvalue weighted by atomic mass is 32.1. The fraction of sp³-hybridized carbons (Fsp3) is 0.625. The number of nitrogens with zero attached hydrogens (tertiary/aromatic N) is 2. The molecule has 1 saturated carbocycles. The van der Waals surface area contributed by atoms with E-state index in [0.717, 1.165) is 30.1 Å². The number of aryl methyl sites for hydroxylation is 1. The molecule has 1 N–H and O–H groups in total. The highest BCUT2D eigenvalue weighted by molar-refractivity contribution is 7.12. The first kappa shape index (κ1) is 15.3. The zero-order valence-electron chi connectivity index (χ0n) is 13.2. The Hall–Kier alpha value is -1.28. The lowest BCUT2D eigenvalue weighted by molar-refractivity contribution is -0.0413. The van der Waals surface area contributed by atoms with Crippen LogP contribution in [-0.4, -0.2) is 23.4 Å². The lowest BCUT2D eigenvalue weighted by atomic mass is 9.96. The third-order valence-corrected chi connectivity index (χ3v) is 5.66. The quantitative estimate of drug-likeness (QED) is 0.906. The van der Waals surface area contributed by atoms with Gasteiger partial charge in [0.2, 0.25) is 5.89 Å². The van der Waals surface area contributed by atoms with Gasteiger partial charge in [0.25, 0.3) is 0 Å². The minimum atomic E-state index is -0.186. The highest BCUT2D eigenvalue weighted by Crippen LogP contribution is 2.38. The van der Waals surface area contributed by atoms with Crippen LogP contribution in [0.5, 0.6) is 0 Å². The molecule has 0 aromatic carbocycles. The zero-order chi connectivity index (χ0) is 15.7. The van der Waals surface area contributed by atoms with Crippen molar-refractivity contribution in [3.63, 3.8) is 0 Å². The van der Waals surface area contributed by atoms with E-state index in [4.69, 9.17) is 14.0 Å². The summed E-state index contributed by atoms with van der Waals surface area (Å²) < 4.78 is 16.3. The van der Waals surface area contributed by atoms with E-state index in [0.29, 0.717) is 19.1 Å². The third-order valence-electron chi connectivity index (χ3n) is 4.55. The number of aromatic nitrogens is 2. The van der Waals surface area contributed by atoms with E-state index in [-0.39, 0.29) is 11.8 Å². The van der Waals surface area contributed by atoms with Crippen LogP contribution < -0.4 is 5.32 Å². The molecule has 1 aliphatic carbocycles. The Morgan fingerprint density at radius 2 is 2.04 bits per heavy atom. The number of nitrogens with one attached hydrogen (secondary N) is 1. The Morgan fingerprint density at radius 1 is 1.26 bits per heavy atom. The van der Waals surface area contributed by atoms with E-state index in [2.05, 4.69) is 27.6 Å². The average Bonchev–Trinajstić information content (AvgIpc) is 3.32. The fourth-order valence-electron chi connectivity index (χ4n) is 3.35. The zero-order valence-corrected chi connectivity index (χ0v) is 14.0. The van der Waals surface area contributed by atoms with Gasteiger partial charge < -0.3 is 14.0 Å². The standard InChI is InChI=1S/C16H21N3O3S/c1-11-18-15(19-22-11)16(6-2-3-7-16)17-10-12-4-5-13(23-12)14-20-8-9-21-14/h4-5,14,17H,2-3,6-10H2,1H3. The predicted octanol–water partition coefficient (Wildman–Crippen LogP) is 3.04.